The number of para-hydroxylation sites is 1. The van der Waals surface area contributed by atoms with E-state index in [1.54, 1.807) is 16.7 Å². The van der Waals surface area contributed by atoms with E-state index >= 15 is 0 Å². The third-order valence-corrected chi connectivity index (χ3v) is 6.19. The first kappa shape index (κ1) is 22.8. The van der Waals surface area contributed by atoms with Crippen LogP contribution in [0.3, 0.4) is 0 Å². The molecule has 1 aliphatic rings. The Kier molecular flexibility index (Phi) is 6.98. The van der Waals surface area contributed by atoms with Crippen LogP contribution in [0.5, 0.6) is 5.75 Å². The first-order valence-electron chi connectivity index (χ1n) is 10.7. The van der Waals surface area contributed by atoms with Crippen molar-refractivity contribution in [3.63, 3.8) is 0 Å². The van der Waals surface area contributed by atoms with Gasteiger partial charge >= 0.3 is 6.01 Å². The Morgan fingerprint density at radius 2 is 1.97 bits per heavy atom. The number of ether oxygens (including phenoxy) is 1. The van der Waals surface area contributed by atoms with Crippen molar-refractivity contribution in [2.24, 2.45) is 0 Å². The minimum absolute atomic E-state index is 0.00194. The molecule has 0 aliphatic carbocycles. The highest BCUT2D eigenvalue weighted by molar-refractivity contribution is 7.98. The van der Waals surface area contributed by atoms with Crippen LogP contribution in [0.25, 0.3) is 0 Å². The lowest BCUT2D eigenvalue weighted by atomic mass is 10.0. The average molecular weight is 467 g/mol. The normalized spacial score (nSPS) is 15.8. The molecule has 0 bridgehead atoms. The number of carbonyl (C=O) groups excluding carboxylic acids is 2. The van der Waals surface area contributed by atoms with Gasteiger partial charge in [0.2, 0.25) is 11.8 Å². The highest BCUT2D eigenvalue weighted by Gasteiger charge is 2.35. The maximum atomic E-state index is 12.5. The fourth-order valence-corrected chi connectivity index (χ4v) is 4.13. The zero-order valence-electron chi connectivity index (χ0n) is 18.8. The molecule has 1 N–H and O–H groups in total. The summed E-state index contributed by atoms with van der Waals surface area (Å²) in [6, 6.07) is 15.5. The largest absolute Gasteiger partial charge is 0.483 e. The smallest absolute Gasteiger partial charge is 0.322 e. The Labute approximate surface area is 196 Å². The second kappa shape index (κ2) is 10.1. The summed E-state index contributed by atoms with van der Waals surface area (Å²) in [6.07, 6.45) is 2.28. The van der Waals surface area contributed by atoms with E-state index in [4.69, 9.17) is 9.15 Å². The lowest BCUT2D eigenvalue weighted by Gasteiger charge is -2.16. The summed E-state index contributed by atoms with van der Waals surface area (Å²) in [6.45, 7) is 4.40. The number of aromatic nitrogens is 2. The molecule has 2 amide bonds. The third kappa shape index (κ3) is 5.36. The van der Waals surface area contributed by atoms with Gasteiger partial charge in [-0.15, -0.1) is 16.9 Å². The molecule has 0 saturated carbocycles. The number of hydrogen-bond donors (Lipinski definition) is 1. The van der Waals surface area contributed by atoms with E-state index in [2.05, 4.69) is 29.4 Å². The lowest BCUT2D eigenvalue weighted by Crippen LogP contribution is -2.24. The van der Waals surface area contributed by atoms with Gasteiger partial charge in [0.25, 0.3) is 5.91 Å². The van der Waals surface area contributed by atoms with Crippen molar-refractivity contribution in [2.75, 3.05) is 29.6 Å². The van der Waals surface area contributed by atoms with Crippen LogP contribution in [0.4, 0.5) is 11.7 Å². The quantitative estimate of drug-likeness (QED) is 0.490. The molecule has 1 aliphatic heterocycles. The fourth-order valence-electron chi connectivity index (χ4n) is 3.72. The van der Waals surface area contributed by atoms with Crippen LogP contribution in [0.15, 0.2) is 57.8 Å². The van der Waals surface area contributed by atoms with Crippen LogP contribution in [-0.4, -0.2) is 41.4 Å². The lowest BCUT2D eigenvalue weighted by molar-refractivity contribution is -0.118. The first-order valence-corrected chi connectivity index (χ1v) is 12.0. The Hall–Kier alpha value is -3.33. The van der Waals surface area contributed by atoms with E-state index in [1.807, 2.05) is 54.8 Å². The second-order valence-corrected chi connectivity index (χ2v) is 8.96. The maximum Gasteiger partial charge on any atom is 0.322 e. The van der Waals surface area contributed by atoms with Crippen LogP contribution in [0, 0.1) is 0 Å². The number of benzene rings is 2. The van der Waals surface area contributed by atoms with Gasteiger partial charge in [-0.2, -0.15) is 0 Å². The minimum atomic E-state index is -0.401. The molecule has 0 unspecified atom stereocenters. The molecule has 3 aromatic rings. The van der Waals surface area contributed by atoms with E-state index in [0.29, 0.717) is 18.2 Å². The van der Waals surface area contributed by atoms with Crippen molar-refractivity contribution in [2.45, 2.75) is 37.0 Å². The molecule has 33 heavy (non-hydrogen) atoms. The fraction of sp³-hybridized carbons (Fsp3) is 0.333. The Balaban J connectivity index is 1.34. The summed E-state index contributed by atoms with van der Waals surface area (Å²) in [5.41, 5.74) is 1.87. The molecule has 2 heterocycles. The molecule has 1 saturated heterocycles. The SMILES string of the molecule is CSc1ccc(N2C[C@@H](c3nnc(NC(=O)COc4ccccc4C(C)C)o3)CC2=O)cc1. The summed E-state index contributed by atoms with van der Waals surface area (Å²) in [4.78, 5) is 27.7. The van der Waals surface area contributed by atoms with Crippen LogP contribution in [0.1, 0.15) is 43.6 Å². The van der Waals surface area contributed by atoms with Gasteiger partial charge in [0, 0.05) is 23.5 Å². The molecule has 2 aromatic carbocycles. The van der Waals surface area contributed by atoms with Gasteiger partial charge in [-0.05, 0) is 48.1 Å². The van der Waals surface area contributed by atoms with Crippen molar-refractivity contribution < 1.29 is 18.7 Å². The molecule has 4 rings (SSSR count). The van der Waals surface area contributed by atoms with E-state index in [1.165, 1.54) is 0 Å². The number of amides is 2. The molecule has 0 spiro atoms. The minimum Gasteiger partial charge on any atom is -0.483 e. The second-order valence-electron chi connectivity index (χ2n) is 8.08. The van der Waals surface area contributed by atoms with E-state index < -0.39 is 5.91 Å². The first-order chi connectivity index (χ1) is 15.9. The van der Waals surface area contributed by atoms with Gasteiger partial charge in [0.15, 0.2) is 6.61 Å². The van der Waals surface area contributed by atoms with E-state index in [-0.39, 0.29) is 36.8 Å². The summed E-state index contributed by atoms with van der Waals surface area (Å²) in [5, 5.41) is 10.5. The molecule has 172 valence electrons. The standard InChI is InChI=1S/C24H26N4O4S/c1-15(2)19-6-4-5-7-20(19)31-14-21(29)25-24-27-26-23(32-24)16-12-22(30)28(13-16)17-8-10-18(33-3)11-9-17/h4-11,15-16H,12-14H2,1-3H3,(H,25,27,29)/t16-/m0/s1. The highest BCUT2D eigenvalue weighted by Crippen LogP contribution is 2.32. The Bertz CT molecular complexity index is 1130. The number of carbonyl (C=O) groups is 2. The molecular weight excluding hydrogens is 440 g/mol. The van der Waals surface area contributed by atoms with Crippen LogP contribution in [0.2, 0.25) is 0 Å². The van der Waals surface area contributed by atoms with Crippen LogP contribution >= 0.6 is 11.8 Å². The van der Waals surface area contributed by atoms with Crippen LogP contribution in [-0.2, 0) is 9.59 Å². The monoisotopic (exact) mass is 466 g/mol. The van der Waals surface area contributed by atoms with Crippen molar-refractivity contribution in [3.05, 3.63) is 60.0 Å². The van der Waals surface area contributed by atoms with Gasteiger partial charge in [-0.1, -0.05) is 37.1 Å². The average Bonchev–Trinajstić information content (AvgIpc) is 3.44. The van der Waals surface area contributed by atoms with Crippen molar-refractivity contribution in [1.82, 2.24) is 10.2 Å². The topological polar surface area (TPSA) is 97.6 Å². The molecule has 0 radical (unpaired) electrons. The zero-order chi connectivity index (χ0) is 23.4. The molecule has 8 nitrogen and oxygen atoms in total. The highest BCUT2D eigenvalue weighted by atomic mass is 32.2. The molecule has 1 atom stereocenters. The summed E-state index contributed by atoms with van der Waals surface area (Å²) in [7, 11) is 0. The molecular formula is C24H26N4O4S. The number of hydrogen-bond acceptors (Lipinski definition) is 7. The number of nitrogens with zero attached hydrogens (tertiary/aromatic N) is 3. The van der Waals surface area contributed by atoms with Gasteiger partial charge < -0.3 is 14.1 Å². The van der Waals surface area contributed by atoms with Gasteiger partial charge in [-0.25, -0.2) is 0 Å². The summed E-state index contributed by atoms with van der Waals surface area (Å²) in [5.74, 6) is 0.640. The number of anilines is 2. The Morgan fingerprint density at radius 3 is 2.70 bits per heavy atom. The van der Waals surface area contributed by atoms with E-state index in [9.17, 15) is 9.59 Å². The van der Waals surface area contributed by atoms with E-state index in [0.717, 1.165) is 16.1 Å². The van der Waals surface area contributed by atoms with Gasteiger partial charge in [0.1, 0.15) is 5.75 Å². The van der Waals surface area contributed by atoms with Crippen LogP contribution < -0.4 is 15.0 Å². The summed E-state index contributed by atoms with van der Waals surface area (Å²) < 4.78 is 11.3. The summed E-state index contributed by atoms with van der Waals surface area (Å²) >= 11 is 1.65. The predicted octanol–water partition coefficient (Wildman–Crippen LogP) is 4.45. The molecule has 9 heteroatoms. The van der Waals surface area contributed by atoms with Gasteiger partial charge in [-0.3, -0.25) is 14.9 Å². The zero-order valence-corrected chi connectivity index (χ0v) is 19.6. The van der Waals surface area contributed by atoms with Crippen molar-refractivity contribution >= 4 is 35.3 Å². The van der Waals surface area contributed by atoms with Crippen molar-refractivity contribution in [1.29, 1.82) is 0 Å². The number of thioether (sulfide) groups is 1. The predicted molar refractivity (Wildman–Crippen MR) is 127 cm³/mol. The Morgan fingerprint density at radius 1 is 1.21 bits per heavy atom. The molecule has 1 fully saturated rings. The van der Waals surface area contributed by atoms with Crippen molar-refractivity contribution in [3.8, 4) is 5.75 Å². The number of rotatable bonds is 8. The number of nitrogens with one attached hydrogen (secondary N) is 1. The maximum absolute atomic E-state index is 12.5. The molecule has 1 aromatic heterocycles. The third-order valence-electron chi connectivity index (χ3n) is 5.45. The van der Waals surface area contributed by atoms with Gasteiger partial charge in [0.05, 0.1) is 5.92 Å².